The van der Waals surface area contributed by atoms with E-state index < -0.39 is 0 Å². The monoisotopic (exact) mass is 540 g/mol. The molecular formula is C29H25BrN4O2. The SMILES string of the molecule is O=C(CCN(Cc1ccccc1)c1nc(-c2cccc(Br)c2)nc2ccccc12)NCc1ccco1. The van der Waals surface area contributed by atoms with Crippen molar-refractivity contribution in [2.24, 2.45) is 0 Å². The first-order valence-electron chi connectivity index (χ1n) is 11.8. The van der Waals surface area contributed by atoms with Crippen molar-refractivity contribution >= 4 is 38.6 Å². The maximum absolute atomic E-state index is 12.7. The first kappa shape index (κ1) is 23.8. The summed E-state index contributed by atoms with van der Waals surface area (Å²) < 4.78 is 6.29. The van der Waals surface area contributed by atoms with Crippen LogP contribution in [0.25, 0.3) is 22.3 Å². The molecule has 36 heavy (non-hydrogen) atoms. The van der Waals surface area contributed by atoms with Gasteiger partial charge in [-0.3, -0.25) is 4.79 Å². The lowest BCUT2D eigenvalue weighted by Gasteiger charge is -2.25. The summed E-state index contributed by atoms with van der Waals surface area (Å²) in [5.74, 6) is 2.13. The molecule has 180 valence electrons. The first-order valence-corrected chi connectivity index (χ1v) is 12.6. The number of halogens is 1. The molecule has 0 fully saturated rings. The molecule has 2 aromatic heterocycles. The van der Waals surface area contributed by atoms with Crippen LogP contribution in [0.4, 0.5) is 5.82 Å². The standard InChI is InChI=1S/C29H25BrN4O2/c30-23-11-6-10-22(18-23)28-32-26-14-5-4-13-25(26)29(33-28)34(20-21-8-2-1-3-9-21)16-15-27(35)31-19-24-12-7-17-36-24/h1-14,17-18H,15-16,19-20H2,(H,31,35). The van der Waals surface area contributed by atoms with Gasteiger partial charge in [0.2, 0.25) is 5.91 Å². The van der Waals surface area contributed by atoms with Crippen LogP contribution in [0.15, 0.2) is 106 Å². The van der Waals surface area contributed by atoms with Gasteiger partial charge in [0.05, 0.1) is 18.3 Å². The van der Waals surface area contributed by atoms with E-state index >= 15 is 0 Å². The van der Waals surface area contributed by atoms with E-state index in [2.05, 4.69) is 38.3 Å². The number of hydrogen-bond donors (Lipinski definition) is 1. The Balaban J connectivity index is 1.48. The number of carbonyl (C=O) groups excluding carboxylic acids is 1. The number of para-hydroxylation sites is 1. The van der Waals surface area contributed by atoms with Gasteiger partial charge in [-0.25, -0.2) is 9.97 Å². The molecule has 0 aliphatic heterocycles. The van der Waals surface area contributed by atoms with E-state index in [1.54, 1.807) is 6.26 Å². The summed E-state index contributed by atoms with van der Waals surface area (Å²) in [7, 11) is 0. The summed E-state index contributed by atoms with van der Waals surface area (Å²) in [6.45, 7) is 1.48. The molecular weight excluding hydrogens is 516 g/mol. The van der Waals surface area contributed by atoms with Crippen molar-refractivity contribution in [2.75, 3.05) is 11.4 Å². The van der Waals surface area contributed by atoms with E-state index in [-0.39, 0.29) is 5.91 Å². The second kappa shape index (κ2) is 11.2. The van der Waals surface area contributed by atoms with E-state index in [0.29, 0.717) is 31.9 Å². The minimum Gasteiger partial charge on any atom is -0.467 e. The maximum atomic E-state index is 12.7. The van der Waals surface area contributed by atoms with E-state index in [4.69, 9.17) is 14.4 Å². The molecule has 1 N–H and O–H groups in total. The van der Waals surface area contributed by atoms with Gasteiger partial charge in [0.25, 0.3) is 0 Å². The highest BCUT2D eigenvalue weighted by atomic mass is 79.9. The predicted octanol–water partition coefficient (Wildman–Crippen LogP) is 6.37. The van der Waals surface area contributed by atoms with E-state index in [1.807, 2.05) is 78.9 Å². The fourth-order valence-electron chi connectivity index (χ4n) is 4.04. The molecule has 7 heteroatoms. The number of rotatable bonds is 9. The molecule has 0 aliphatic rings. The summed E-state index contributed by atoms with van der Waals surface area (Å²) in [5.41, 5.74) is 2.92. The number of anilines is 1. The van der Waals surface area contributed by atoms with E-state index in [9.17, 15) is 4.79 Å². The minimum absolute atomic E-state index is 0.0463. The lowest BCUT2D eigenvalue weighted by atomic mass is 10.1. The van der Waals surface area contributed by atoms with E-state index in [0.717, 1.165) is 38.1 Å². The van der Waals surface area contributed by atoms with Gasteiger partial charge >= 0.3 is 0 Å². The van der Waals surface area contributed by atoms with Crippen molar-refractivity contribution in [3.63, 3.8) is 0 Å². The second-order valence-corrected chi connectivity index (χ2v) is 9.33. The Morgan fingerprint density at radius 2 is 1.75 bits per heavy atom. The fraction of sp³-hybridized carbons (Fsp3) is 0.138. The van der Waals surface area contributed by atoms with Crippen LogP contribution in [-0.4, -0.2) is 22.4 Å². The average Bonchev–Trinajstić information content (AvgIpc) is 3.44. The molecule has 3 aromatic carbocycles. The number of amides is 1. The summed E-state index contributed by atoms with van der Waals surface area (Å²) in [5, 5.41) is 3.89. The molecule has 6 nitrogen and oxygen atoms in total. The number of fused-ring (bicyclic) bond motifs is 1. The van der Waals surface area contributed by atoms with Crippen LogP contribution in [-0.2, 0) is 17.9 Å². The van der Waals surface area contributed by atoms with Gasteiger partial charge in [-0.2, -0.15) is 0 Å². The molecule has 0 unspecified atom stereocenters. The molecule has 0 saturated heterocycles. The number of nitrogens with zero attached hydrogens (tertiary/aromatic N) is 3. The van der Waals surface area contributed by atoms with Gasteiger partial charge in [-0.1, -0.05) is 70.5 Å². The molecule has 0 aliphatic carbocycles. The third kappa shape index (κ3) is 5.80. The topological polar surface area (TPSA) is 71.3 Å². The van der Waals surface area contributed by atoms with Crippen molar-refractivity contribution < 1.29 is 9.21 Å². The van der Waals surface area contributed by atoms with Crippen LogP contribution in [0.3, 0.4) is 0 Å². The number of nitrogens with one attached hydrogen (secondary N) is 1. The van der Waals surface area contributed by atoms with Crippen LogP contribution >= 0.6 is 15.9 Å². The van der Waals surface area contributed by atoms with Crippen molar-refractivity contribution in [2.45, 2.75) is 19.5 Å². The normalized spacial score (nSPS) is 10.9. The molecule has 5 aromatic rings. The third-order valence-corrected chi connectivity index (χ3v) is 6.32. The molecule has 0 spiro atoms. The van der Waals surface area contributed by atoms with Crippen LogP contribution in [0.1, 0.15) is 17.7 Å². The average molecular weight is 541 g/mol. The van der Waals surface area contributed by atoms with Crippen molar-refractivity contribution in [3.05, 3.63) is 113 Å². The highest BCUT2D eigenvalue weighted by Gasteiger charge is 2.17. The number of carbonyl (C=O) groups is 1. The number of aromatic nitrogens is 2. The molecule has 5 rings (SSSR count). The van der Waals surface area contributed by atoms with Gasteiger partial charge in [0.1, 0.15) is 11.6 Å². The van der Waals surface area contributed by atoms with Crippen LogP contribution < -0.4 is 10.2 Å². The zero-order valence-corrected chi connectivity index (χ0v) is 21.2. The zero-order chi connectivity index (χ0) is 24.7. The Bertz CT molecular complexity index is 1460. The third-order valence-electron chi connectivity index (χ3n) is 5.83. The van der Waals surface area contributed by atoms with Crippen LogP contribution in [0.5, 0.6) is 0 Å². The Kier molecular flexibility index (Phi) is 7.38. The fourth-order valence-corrected chi connectivity index (χ4v) is 4.44. The van der Waals surface area contributed by atoms with Crippen LogP contribution in [0.2, 0.25) is 0 Å². The second-order valence-electron chi connectivity index (χ2n) is 8.41. The van der Waals surface area contributed by atoms with Crippen molar-refractivity contribution in [1.29, 1.82) is 0 Å². The van der Waals surface area contributed by atoms with Gasteiger partial charge in [-0.15, -0.1) is 0 Å². The largest absolute Gasteiger partial charge is 0.467 e. The molecule has 0 atom stereocenters. The summed E-state index contributed by atoms with van der Waals surface area (Å²) in [6.07, 6.45) is 1.92. The Hall–Kier alpha value is -3.97. The van der Waals surface area contributed by atoms with Crippen molar-refractivity contribution in [1.82, 2.24) is 15.3 Å². The first-order chi connectivity index (χ1) is 17.7. The van der Waals surface area contributed by atoms with Gasteiger partial charge < -0.3 is 14.6 Å². The summed E-state index contributed by atoms with van der Waals surface area (Å²) in [4.78, 5) is 24.7. The van der Waals surface area contributed by atoms with E-state index in [1.165, 1.54) is 0 Å². The zero-order valence-electron chi connectivity index (χ0n) is 19.6. The molecule has 2 heterocycles. The van der Waals surface area contributed by atoms with Gasteiger partial charge in [0.15, 0.2) is 5.82 Å². The maximum Gasteiger partial charge on any atom is 0.222 e. The molecule has 0 radical (unpaired) electrons. The lowest BCUT2D eigenvalue weighted by molar-refractivity contribution is -0.121. The molecule has 1 amide bonds. The summed E-state index contributed by atoms with van der Waals surface area (Å²) >= 11 is 3.55. The minimum atomic E-state index is -0.0463. The Morgan fingerprint density at radius 1 is 0.917 bits per heavy atom. The smallest absolute Gasteiger partial charge is 0.222 e. The lowest BCUT2D eigenvalue weighted by Crippen LogP contribution is -2.31. The van der Waals surface area contributed by atoms with Gasteiger partial charge in [-0.05, 0) is 42.0 Å². The van der Waals surface area contributed by atoms with Crippen LogP contribution in [0, 0.1) is 0 Å². The van der Waals surface area contributed by atoms with Gasteiger partial charge in [0, 0.05) is 34.9 Å². The summed E-state index contributed by atoms with van der Waals surface area (Å²) in [6, 6.07) is 29.8. The highest BCUT2D eigenvalue weighted by molar-refractivity contribution is 9.10. The Morgan fingerprint density at radius 3 is 2.56 bits per heavy atom. The number of furan rings is 1. The van der Waals surface area contributed by atoms with Crippen molar-refractivity contribution in [3.8, 4) is 11.4 Å². The molecule has 0 bridgehead atoms. The quantitative estimate of drug-likeness (QED) is 0.235. The predicted molar refractivity (Wildman–Crippen MR) is 145 cm³/mol. The number of hydrogen-bond acceptors (Lipinski definition) is 5. The number of benzene rings is 3. The highest BCUT2D eigenvalue weighted by Crippen LogP contribution is 2.29. The molecule has 0 saturated carbocycles. The Labute approximate surface area is 218 Å².